The van der Waals surface area contributed by atoms with Crippen LogP contribution in [0.4, 0.5) is 8.78 Å². The van der Waals surface area contributed by atoms with Crippen LogP contribution in [0.2, 0.25) is 10.0 Å². The lowest BCUT2D eigenvalue weighted by Crippen LogP contribution is -2.03. The van der Waals surface area contributed by atoms with Gasteiger partial charge in [-0.2, -0.15) is 8.78 Å². The summed E-state index contributed by atoms with van der Waals surface area (Å²) < 4.78 is 28.5. The Morgan fingerprint density at radius 2 is 1.92 bits per heavy atom. The normalized spacial score (nSPS) is 10.6. The van der Waals surface area contributed by atoms with Crippen LogP contribution in [0.3, 0.4) is 0 Å². The van der Waals surface area contributed by atoms with Crippen LogP contribution in [-0.4, -0.2) is 6.61 Å². The zero-order chi connectivity index (χ0) is 10.0. The van der Waals surface area contributed by atoms with E-state index >= 15 is 0 Å². The van der Waals surface area contributed by atoms with Crippen molar-refractivity contribution in [3.05, 3.63) is 25.7 Å². The minimum Gasteiger partial charge on any atom is -0.432 e. The highest BCUT2D eigenvalue weighted by Gasteiger charge is 2.14. The molecule has 0 heterocycles. The molecule has 1 rings (SSSR count). The predicted molar refractivity (Wildman–Crippen MR) is 55.8 cm³/mol. The lowest BCUT2D eigenvalue weighted by Gasteiger charge is -2.09. The van der Waals surface area contributed by atoms with Gasteiger partial charge >= 0.3 is 6.61 Å². The molecule has 6 heteroatoms. The summed E-state index contributed by atoms with van der Waals surface area (Å²) in [6, 6.07) is 3.07. The zero-order valence-corrected chi connectivity index (χ0v) is 9.70. The van der Waals surface area contributed by atoms with Crippen molar-refractivity contribution in [2.45, 2.75) is 6.61 Å². The Labute approximate surface area is 97.1 Å². The maximum absolute atomic E-state index is 11.9. The Morgan fingerprint density at radius 3 is 2.46 bits per heavy atom. The topological polar surface area (TPSA) is 9.23 Å². The first-order valence-electron chi connectivity index (χ1n) is 3.10. The molecular weight excluding hydrogens is 336 g/mol. The van der Waals surface area contributed by atoms with E-state index in [1.165, 1.54) is 6.07 Å². The molecule has 0 aliphatic heterocycles. The zero-order valence-electron chi connectivity index (χ0n) is 6.03. The SMILES string of the molecule is FC(F)Oc1c(I)ccc(Cl)c1Cl. The molecule has 1 aromatic carbocycles. The van der Waals surface area contributed by atoms with E-state index in [0.29, 0.717) is 3.57 Å². The van der Waals surface area contributed by atoms with Crippen molar-refractivity contribution < 1.29 is 13.5 Å². The number of hydrogen-bond acceptors (Lipinski definition) is 1. The molecular formula is C7H3Cl2F2IO. The van der Waals surface area contributed by atoms with Crippen LogP contribution in [0.5, 0.6) is 5.75 Å². The van der Waals surface area contributed by atoms with Gasteiger partial charge in [-0.3, -0.25) is 0 Å². The second-order valence-electron chi connectivity index (χ2n) is 2.05. The average molecular weight is 339 g/mol. The van der Waals surface area contributed by atoms with Crippen LogP contribution in [0.15, 0.2) is 12.1 Å². The van der Waals surface area contributed by atoms with Crippen molar-refractivity contribution in [2.75, 3.05) is 0 Å². The summed E-state index contributed by atoms with van der Waals surface area (Å²) in [7, 11) is 0. The molecule has 1 nitrogen and oxygen atoms in total. The molecule has 13 heavy (non-hydrogen) atoms. The molecule has 0 fully saturated rings. The second-order valence-corrected chi connectivity index (χ2v) is 4.00. The van der Waals surface area contributed by atoms with Gasteiger partial charge in [0.2, 0.25) is 0 Å². The van der Waals surface area contributed by atoms with Gasteiger partial charge < -0.3 is 4.74 Å². The molecule has 0 aliphatic rings. The van der Waals surface area contributed by atoms with Crippen LogP contribution in [0, 0.1) is 3.57 Å². The fraction of sp³-hybridized carbons (Fsp3) is 0.143. The molecule has 0 bridgehead atoms. The molecule has 1 aromatic rings. The van der Waals surface area contributed by atoms with Gasteiger partial charge in [0, 0.05) is 0 Å². The van der Waals surface area contributed by atoms with E-state index in [1.807, 2.05) is 22.6 Å². The van der Waals surface area contributed by atoms with Crippen molar-refractivity contribution in [1.29, 1.82) is 0 Å². The molecule has 0 aromatic heterocycles. The highest BCUT2D eigenvalue weighted by atomic mass is 127. The molecule has 0 spiro atoms. The van der Waals surface area contributed by atoms with Gasteiger partial charge in [0.1, 0.15) is 5.02 Å². The molecule has 0 radical (unpaired) electrons. The second kappa shape index (κ2) is 4.61. The molecule has 0 unspecified atom stereocenters. The summed E-state index contributed by atoms with van der Waals surface area (Å²) in [5.74, 6) is -0.0789. The van der Waals surface area contributed by atoms with Crippen molar-refractivity contribution in [2.24, 2.45) is 0 Å². The van der Waals surface area contributed by atoms with Crippen LogP contribution in [-0.2, 0) is 0 Å². The van der Waals surface area contributed by atoms with Crippen molar-refractivity contribution in [3.8, 4) is 5.75 Å². The van der Waals surface area contributed by atoms with Gasteiger partial charge in [-0.1, -0.05) is 23.2 Å². The number of halogens is 5. The van der Waals surface area contributed by atoms with Gasteiger partial charge in [0.05, 0.1) is 8.59 Å². The van der Waals surface area contributed by atoms with Crippen LogP contribution < -0.4 is 4.74 Å². The van der Waals surface area contributed by atoms with Crippen LogP contribution in [0.25, 0.3) is 0 Å². The number of alkyl halides is 2. The van der Waals surface area contributed by atoms with Crippen molar-refractivity contribution in [3.63, 3.8) is 0 Å². The number of benzene rings is 1. The van der Waals surface area contributed by atoms with Gasteiger partial charge in [0.15, 0.2) is 5.75 Å². The molecule has 0 N–H and O–H groups in total. The molecule has 0 amide bonds. The molecule has 0 aliphatic carbocycles. The van der Waals surface area contributed by atoms with Gasteiger partial charge in [-0.15, -0.1) is 0 Å². The van der Waals surface area contributed by atoms with E-state index in [0.717, 1.165) is 0 Å². The Kier molecular flexibility index (Phi) is 4.00. The Morgan fingerprint density at radius 1 is 1.31 bits per heavy atom. The standard InChI is InChI=1S/C7H3Cl2F2IO/c8-3-1-2-4(12)6(5(3)9)13-7(10)11/h1-2,7H. The Bertz CT molecular complexity index is 320. The summed E-state index contributed by atoms with van der Waals surface area (Å²) >= 11 is 13.1. The van der Waals surface area contributed by atoms with E-state index in [9.17, 15) is 8.78 Å². The fourth-order valence-electron chi connectivity index (χ4n) is 0.706. The highest BCUT2D eigenvalue weighted by molar-refractivity contribution is 14.1. The van der Waals surface area contributed by atoms with E-state index in [-0.39, 0.29) is 15.8 Å². The molecule has 0 saturated heterocycles. The fourth-order valence-corrected chi connectivity index (χ4v) is 1.80. The Balaban J connectivity index is 3.10. The summed E-state index contributed by atoms with van der Waals surface area (Å²) in [6.45, 7) is -2.90. The first-order valence-corrected chi connectivity index (χ1v) is 4.94. The van der Waals surface area contributed by atoms with Gasteiger partial charge in [0.25, 0.3) is 0 Å². The Hall–Kier alpha value is 0.190. The highest BCUT2D eigenvalue weighted by Crippen LogP contribution is 2.36. The number of hydrogen-bond donors (Lipinski definition) is 0. The molecule has 72 valence electrons. The maximum atomic E-state index is 11.9. The lowest BCUT2D eigenvalue weighted by molar-refractivity contribution is -0.0503. The number of rotatable bonds is 2. The third kappa shape index (κ3) is 2.82. The molecule has 0 saturated carbocycles. The van der Waals surface area contributed by atoms with Gasteiger partial charge in [-0.25, -0.2) is 0 Å². The van der Waals surface area contributed by atoms with Gasteiger partial charge in [-0.05, 0) is 34.7 Å². The first kappa shape index (κ1) is 11.3. The lowest BCUT2D eigenvalue weighted by atomic mass is 10.3. The maximum Gasteiger partial charge on any atom is 0.387 e. The van der Waals surface area contributed by atoms with E-state index in [2.05, 4.69) is 4.74 Å². The van der Waals surface area contributed by atoms with E-state index in [1.54, 1.807) is 6.07 Å². The first-order chi connectivity index (χ1) is 6.02. The van der Waals surface area contributed by atoms with Crippen LogP contribution in [0.1, 0.15) is 0 Å². The third-order valence-corrected chi connectivity index (χ3v) is 2.85. The summed E-state index contributed by atoms with van der Waals surface area (Å²) in [5.41, 5.74) is 0. The summed E-state index contributed by atoms with van der Waals surface area (Å²) in [5, 5.41) is 0.201. The third-order valence-electron chi connectivity index (χ3n) is 1.21. The molecule has 0 atom stereocenters. The summed E-state index contributed by atoms with van der Waals surface area (Å²) in [6.07, 6.45) is 0. The monoisotopic (exact) mass is 338 g/mol. The average Bonchev–Trinajstić information content (AvgIpc) is 2.05. The predicted octanol–water partition coefficient (Wildman–Crippen LogP) is 4.20. The van der Waals surface area contributed by atoms with Crippen LogP contribution >= 0.6 is 45.8 Å². The smallest absolute Gasteiger partial charge is 0.387 e. The quantitative estimate of drug-likeness (QED) is 0.580. The van der Waals surface area contributed by atoms with Crippen molar-refractivity contribution in [1.82, 2.24) is 0 Å². The number of ether oxygens (including phenoxy) is 1. The van der Waals surface area contributed by atoms with E-state index < -0.39 is 6.61 Å². The summed E-state index contributed by atoms with van der Waals surface area (Å²) in [4.78, 5) is 0. The minimum atomic E-state index is -2.90. The largest absolute Gasteiger partial charge is 0.432 e. The minimum absolute atomic E-state index is 0.00821. The van der Waals surface area contributed by atoms with Crippen molar-refractivity contribution >= 4 is 45.8 Å². The van der Waals surface area contributed by atoms with E-state index in [4.69, 9.17) is 23.2 Å².